The van der Waals surface area contributed by atoms with Gasteiger partial charge in [-0.05, 0) is 18.4 Å². The molecular formula is C13H17F4NO. The molecule has 0 radical (unpaired) electrons. The molecule has 0 saturated heterocycles. The fourth-order valence-electron chi connectivity index (χ4n) is 1.49. The van der Waals surface area contributed by atoms with Crippen molar-refractivity contribution in [3.8, 4) is 0 Å². The first kappa shape index (κ1) is 15.9. The first-order valence-corrected chi connectivity index (χ1v) is 5.95. The maximum Gasteiger partial charge on any atom is 0.330 e. The smallest absolute Gasteiger partial charge is 0.330 e. The normalized spacial score (nSPS) is 13.8. The Balaban J connectivity index is 2.20. The molecule has 6 heteroatoms. The van der Waals surface area contributed by atoms with Gasteiger partial charge in [-0.15, -0.1) is 0 Å². The first-order chi connectivity index (χ1) is 8.92. The highest BCUT2D eigenvalue weighted by atomic mass is 19.3. The monoisotopic (exact) mass is 279 g/mol. The summed E-state index contributed by atoms with van der Waals surface area (Å²) in [5.41, 5.74) is 6.75. The predicted octanol–water partition coefficient (Wildman–Crippen LogP) is 2.86. The minimum absolute atomic E-state index is 0.158. The summed E-state index contributed by atoms with van der Waals surface area (Å²) in [6.07, 6.45) is -2.48. The number of halogens is 4. The molecule has 19 heavy (non-hydrogen) atoms. The van der Waals surface area contributed by atoms with Crippen LogP contribution in [-0.4, -0.2) is 31.6 Å². The predicted molar refractivity (Wildman–Crippen MR) is 64.5 cm³/mol. The fourth-order valence-corrected chi connectivity index (χ4v) is 1.49. The molecule has 1 rings (SSSR count). The van der Waals surface area contributed by atoms with Gasteiger partial charge in [0, 0.05) is 6.04 Å². The minimum atomic E-state index is -4.11. The average Bonchev–Trinajstić information content (AvgIpc) is 2.37. The van der Waals surface area contributed by atoms with Crippen molar-refractivity contribution in [2.75, 3.05) is 13.2 Å². The third-order valence-electron chi connectivity index (χ3n) is 2.59. The van der Waals surface area contributed by atoms with E-state index >= 15 is 0 Å². The zero-order valence-electron chi connectivity index (χ0n) is 10.4. The van der Waals surface area contributed by atoms with Crippen LogP contribution in [-0.2, 0) is 11.2 Å². The maximum atomic E-state index is 12.5. The van der Waals surface area contributed by atoms with Gasteiger partial charge < -0.3 is 10.5 Å². The number of benzene rings is 1. The summed E-state index contributed by atoms with van der Waals surface area (Å²) in [5.74, 6) is -4.11. The van der Waals surface area contributed by atoms with Crippen LogP contribution in [0.1, 0.15) is 12.0 Å². The van der Waals surface area contributed by atoms with Gasteiger partial charge in [0.25, 0.3) is 0 Å². The van der Waals surface area contributed by atoms with E-state index in [4.69, 9.17) is 5.73 Å². The standard InChI is InChI=1S/C13H17F4NO/c14-12(15)13(16,17)9-19-8-11(18)7-6-10-4-2-1-3-5-10/h1-5,11-12H,6-9,18H2. The number of rotatable bonds is 8. The molecule has 108 valence electrons. The molecule has 0 bridgehead atoms. The van der Waals surface area contributed by atoms with E-state index in [0.717, 1.165) is 5.56 Å². The van der Waals surface area contributed by atoms with Crippen molar-refractivity contribution in [2.45, 2.75) is 31.2 Å². The zero-order valence-corrected chi connectivity index (χ0v) is 10.4. The van der Waals surface area contributed by atoms with Gasteiger partial charge in [-0.1, -0.05) is 30.3 Å². The summed E-state index contributed by atoms with van der Waals surface area (Å²) in [5, 5.41) is 0. The van der Waals surface area contributed by atoms with Gasteiger partial charge in [-0.2, -0.15) is 8.78 Å². The van der Waals surface area contributed by atoms with E-state index in [1.165, 1.54) is 0 Å². The van der Waals surface area contributed by atoms with E-state index in [9.17, 15) is 17.6 Å². The summed E-state index contributed by atoms with van der Waals surface area (Å²) >= 11 is 0. The van der Waals surface area contributed by atoms with Crippen molar-refractivity contribution >= 4 is 0 Å². The van der Waals surface area contributed by atoms with Crippen molar-refractivity contribution in [1.29, 1.82) is 0 Å². The van der Waals surface area contributed by atoms with Crippen LogP contribution in [0.4, 0.5) is 17.6 Å². The van der Waals surface area contributed by atoms with Crippen molar-refractivity contribution in [3.63, 3.8) is 0 Å². The highest BCUT2D eigenvalue weighted by Crippen LogP contribution is 2.22. The lowest BCUT2D eigenvalue weighted by molar-refractivity contribution is -0.166. The third-order valence-corrected chi connectivity index (χ3v) is 2.59. The molecule has 0 fully saturated rings. The topological polar surface area (TPSA) is 35.2 Å². The van der Waals surface area contributed by atoms with Gasteiger partial charge in [-0.3, -0.25) is 0 Å². The second-order valence-electron chi connectivity index (χ2n) is 4.36. The van der Waals surface area contributed by atoms with Crippen LogP contribution in [0.5, 0.6) is 0 Å². The Kier molecular flexibility index (Phi) is 6.24. The number of hydrogen-bond acceptors (Lipinski definition) is 2. The Bertz CT molecular complexity index is 359. The first-order valence-electron chi connectivity index (χ1n) is 5.95. The Morgan fingerprint density at radius 3 is 2.37 bits per heavy atom. The lowest BCUT2D eigenvalue weighted by Gasteiger charge is -2.17. The molecule has 0 amide bonds. The van der Waals surface area contributed by atoms with Crippen LogP contribution in [0, 0.1) is 0 Å². The molecule has 0 heterocycles. The average molecular weight is 279 g/mol. The summed E-state index contributed by atoms with van der Waals surface area (Å²) in [7, 11) is 0. The highest BCUT2D eigenvalue weighted by Gasteiger charge is 2.40. The summed E-state index contributed by atoms with van der Waals surface area (Å²) in [6, 6.07) is 9.07. The van der Waals surface area contributed by atoms with Gasteiger partial charge in [0.2, 0.25) is 0 Å². The summed E-state index contributed by atoms with van der Waals surface area (Å²) < 4.78 is 53.3. The summed E-state index contributed by atoms with van der Waals surface area (Å²) in [6.45, 7) is -1.46. The molecule has 0 spiro atoms. The molecule has 0 saturated carbocycles. The van der Waals surface area contributed by atoms with E-state index in [1.54, 1.807) is 0 Å². The van der Waals surface area contributed by atoms with Crippen LogP contribution in [0.2, 0.25) is 0 Å². The van der Waals surface area contributed by atoms with E-state index in [1.807, 2.05) is 30.3 Å². The van der Waals surface area contributed by atoms with E-state index < -0.39 is 25.0 Å². The molecule has 0 aliphatic carbocycles. The zero-order chi connectivity index (χ0) is 14.3. The molecule has 1 aromatic rings. The second-order valence-corrected chi connectivity index (χ2v) is 4.36. The van der Waals surface area contributed by atoms with Crippen molar-refractivity contribution in [3.05, 3.63) is 35.9 Å². The quantitative estimate of drug-likeness (QED) is 0.743. The van der Waals surface area contributed by atoms with Gasteiger partial charge in [0.05, 0.1) is 6.61 Å². The van der Waals surface area contributed by atoms with Gasteiger partial charge in [0.15, 0.2) is 0 Å². The van der Waals surface area contributed by atoms with Crippen LogP contribution in [0.25, 0.3) is 0 Å². The fraction of sp³-hybridized carbons (Fsp3) is 0.538. The van der Waals surface area contributed by atoms with Gasteiger partial charge >= 0.3 is 12.3 Å². The number of nitrogens with two attached hydrogens (primary N) is 1. The lowest BCUT2D eigenvalue weighted by Crippen LogP contribution is -2.35. The number of hydrogen-bond donors (Lipinski definition) is 1. The van der Waals surface area contributed by atoms with Crippen LogP contribution >= 0.6 is 0 Å². The van der Waals surface area contributed by atoms with Gasteiger partial charge in [0.1, 0.15) is 6.61 Å². The lowest BCUT2D eigenvalue weighted by atomic mass is 10.1. The molecule has 1 atom stereocenters. The molecule has 0 aliphatic heterocycles. The number of alkyl halides is 4. The molecule has 1 unspecified atom stereocenters. The van der Waals surface area contributed by atoms with E-state index in [-0.39, 0.29) is 6.61 Å². The molecule has 2 nitrogen and oxygen atoms in total. The molecule has 0 aromatic heterocycles. The largest absolute Gasteiger partial charge is 0.373 e. The number of aryl methyl sites for hydroxylation is 1. The van der Waals surface area contributed by atoms with Crippen molar-refractivity contribution in [2.24, 2.45) is 5.73 Å². The Morgan fingerprint density at radius 1 is 1.16 bits per heavy atom. The van der Waals surface area contributed by atoms with Crippen LogP contribution in [0.15, 0.2) is 30.3 Å². The molecule has 1 aromatic carbocycles. The highest BCUT2D eigenvalue weighted by molar-refractivity contribution is 5.14. The Hall–Kier alpha value is -1.14. The van der Waals surface area contributed by atoms with Crippen LogP contribution in [0.3, 0.4) is 0 Å². The maximum absolute atomic E-state index is 12.5. The molecular weight excluding hydrogens is 262 g/mol. The minimum Gasteiger partial charge on any atom is -0.373 e. The second kappa shape index (κ2) is 7.45. The van der Waals surface area contributed by atoms with Gasteiger partial charge in [-0.25, -0.2) is 8.78 Å². The number of ether oxygens (including phenoxy) is 1. The SMILES string of the molecule is NC(CCc1ccccc1)COCC(F)(F)C(F)F. The molecule has 2 N–H and O–H groups in total. The van der Waals surface area contributed by atoms with Crippen LogP contribution < -0.4 is 5.73 Å². The molecule has 0 aliphatic rings. The summed E-state index contributed by atoms with van der Waals surface area (Å²) in [4.78, 5) is 0. The van der Waals surface area contributed by atoms with Crippen molar-refractivity contribution < 1.29 is 22.3 Å². The van der Waals surface area contributed by atoms with Crippen molar-refractivity contribution in [1.82, 2.24) is 0 Å². The third kappa shape index (κ3) is 6.02. The van der Waals surface area contributed by atoms with E-state index in [2.05, 4.69) is 4.74 Å². The Morgan fingerprint density at radius 2 is 1.79 bits per heavy atom. The Labute approximate surface area is 109 Å². The van der Waals surface area contributed by atoms with E-state index in [0.29, 0.717) is 12.8 Å².